The maximum Gasteiger partial charge on any atom is 0.338 e. The molecule has 0 bridgehead atoms. The van der Waals surface area contributed by atoms with E-state index >= 15 is 0 Å². The van der Waals surface area contributed by atoms with Gasteiger partial charge in [-0.3, -0.25) is 4.79 Å². The molecular formula is C21H20N2O4. The van der Waals surface area contributed by atoms with Crippen LogP contribution < -0.4 is 5.32 Å². The van der Waals surface area contributed by atoms with Crippen molar-refractivity contribution in [3.63, 3.8) is 0 Å². The normalized spacial score (nSPS) is 10.5. The van der Waals surface area contributed by atoms with Crippen molar-refractivity contribution in [1.29, 1.82) is 0 Å². The Labute approximate surface area is 157 Å². The van der Waals surface area contributed by atoms with E-state index in [1.54, 1.807) is 38.1 Å². The van der Waals surface area contributed by atoms with Crippen LogP contribution in [0, 0.1) is 13.8 Å². The quantitative estimate of drug-likeness (QED) is 0.679. The Balaban J connectivity index is 1.74. The Morgan fingerprint density at radius 2 is 1.70 bits per heavy atom. The molecule has 6 heteroatoms. The van der Waals surface area contributed by atoms with E-state index in [-0.39, 0.29) is 11.6 Å². The van der Waals surface area contributed by atoms with Gasteiger partial charge in [0.15, 0.2) is 5.69 Å². The molecule has 1 aromatic heterocycles. The van der Waals surface area contributed by atoms with Gasteiger partial charge >= 0.3 is 5.97 Å². The van der Waals surface area contributed by atoms with E-state index in [1.165, 1.54) is 0 Å². The van der Waals surface area contributed by atoms with Crippen LogP contribution in [0.4, 0.5) is 5.69 Å². The highest BCUT2D eigenvalue weighted by Crippen LogP contribution is 2.23. The summed E-state index contributed by atoms with van der Waals surface area (Å²) in [5.74, 6) is 0.0606. The molecule has 6 nitrogen and oxygen atoms in total. The Morgan fingerprint density at radius 3 is 2.33 bits per heavy atom. The van der Waals surface area contributed by atoms with Gasteiger partial charge in [-0.2, -0.15) is 0 Å². The van der Waals surface area contributed by atoms with E-state index in [1.807, 2.05) is 31.2 Å². The van der Waals surface area contributed by atoms with Crippen molar-refractivity contribution in [3.8, 4) is 11.5 Å². The first-order valence-corrected chi connectivity index (χ1v) is 8.61. The molecule has 0 fully saturated rings. The molecule has 2 aromatic carbocycles. The van der Waals surface area contributed by atoms with Crippen molar-refractivity contribution in [3.05, 3.63) is 71.1 Å². The number of aromatic nitrogens is 1. The minimum atomic E-state index is -0.398. The summed E-state index contributed by atoms with van der Waals surface area (Å²) in [6.07, 6.45) is 0. The number of rotatable bonds is 5. The van der Waals surface area contributed by atoms with Gasteiger partial charge in [-0.1, -0.05) is 17.7 Å². The minimum Gasteiger partial charge on any atom is -0.462 e. The Kier molecular flexibility index (Phi) is 5.35. The third kappa shape index (κ3) is 4.23. The van der Waals surface area contributed by atoms with E-state index in [4.69, 9.17) is 9.15 Å². The van der Waals surface area contributed by atoms with Crippen molar-refractivity contribution in [2.75, 3.05) is 11.9 Å². The van der Waals surface area contributed by atoms with Crippen molar-refractivity contribution < 1.29 is 18.7 Å². The highest BCUT2D eigenvalue weighted by molar-refractivity contribution is 6.04. The zero-order valence-corrected chi connectivity index (χ0v) is 15.4. The summed E-state index contributed by atoms with van der Waals surface area (Å²) < 4.78 is 10.6. The Hall–Kier alpha value is -3.41. The van der Waals surface area contributed by atoms with Gasteiger partial charge in [0.1, 0.15) is 5.76 Å². The fourth-order valence-electron chi connectivity index (χ4n) is 2.52. The lowest BCUT2D eigenvalue weighted by Gasteiger charge is -2.05. The van der Waals surface area contributed by atoms with E-state index in [0.29, 0.717) is 29.5 Å². The first-order valence-electron chi connectivity index (χ1n) is 8.61. The molecule has 1 amide bonds. The van der Waals surface area contributed by atoms with Crippen LogP contribution >= 0.6 is 0 Å². The van der Waals surface area contributed by atoms with Gasteiger partial charge in [-0.25, -0.2) is 9.78 Å². The number of esters is 1. The van der Waals surface area contributed by atoms with Crippen molar-refractivity contribution in [2.24, 2.45) is 0 Å². The van der Waals surface area contributed by atoms with Crippen LogP contribution in [-0.2, 0) is 4.74 Å². The number of nitrogens with zero attached hydrogens (tertiary/aromatic N) is 1. The van der Waals surface area contributed by atoms with Gasteiger partial charge in [0.2, 0.25) is 5.89 Å². The molecule has 0 aliphatic rings. The summed E-state index contributed by atoms with van der Waals surface area (Å²) in [6, 6.07) is 14.2. The van der Waals surface area contributed by atoms with Crippen LogP contribution in [0.2, 0.25) is 0 Å². The number of carbonyl (C=O) groups is 2. The van der Waals surface area contributed by atoms with Gasteiger partial charge in [0.25, 0.3) is 5.91 Å². The molecule has 0 atom stereocenters. The summed E-state index contributed by atoms with van der Waals surface area (Å²) in [6.45, 7) is 5.75. The number of benzene rings is 2. The summed E-state index contributed by atoms with van der Waals surface area (Å²) in [4.78, 5) is 28.5. The summed E-state index contributed by atoms with van der Waals surface area (Å²) >= 11 is 0. The molecule has 0 radical (unpaired) electrons. The van der Waals surface area contributed by atoms with Crippen LogP contribution in [0.3, 0.4) is 0 Å². The summed E-state index contributed by atoms with van der Waals surface area (Å²) in [5.41, 5.74) is 3.13. The zero-order valence-electron chi connectivity index (χ0n) is 15.4. The predicted molar refractivity (Wildman–Crippen MR) is 102 cm³/mol. The van der Waals surface area contributed by atoms with Crippen LogP contribution in [0.1, 0.15) is 39.1 Å². The molecule has 0 unspecified atom stereocenters. The lowest BCUT2D eigenvalue weighted by atomic mass is 10.1. The molecule has 27 heavy (non-hydrogen) atoms. The van der Waals surface area contributed by atoms with E-state index in [0.717, 1.165) is 11.1 Å². The third-order valence-electron chi connectivity index (χ3n) is 3.96. The van der Waals surface area contributed by atoms with Gasteiger partial charge in [-0.15, -0.1) is 0 Å². The maximum absolute atomic E-state index is 12.5. The molecule has 1 heterocycles. The number of anilines is 1. The number of ether oxygens (including phenoxy) is 1. The van der Waals surface area contributed by atoms with Gasteiger partial charge in [0, 0.05) is 11.3 Å². The second-order valence-corrected chi connectivity index (χ2v) is 6.04. The SMILES string of the molecule is CCOC(=O)c1ccc(NC(=O)c2nc(-c3ccc(C)cc3)oc2C)cc1. The van der Waals surface area contributed by atoms with Crippen molar-refractivity contribution in [2.45, 2.75) is 20.8 Å². The van der Waals surface area contributed by atoms with Crippen molar-refractivity contribution >= 4 is 17.6 Å². The fraction of sp³-hybridized carbons (Fsp3) is 0.190. The topological polar surface area (TPSA) is 81.4 Å². The molecule has 0 saturated carbocycles. The third-order valence-corrected chi connectivity index (χ3v) is 3.96. The molecule has 0 spiro atoms. The largest absolute Gasteiger partial charge is 0.462 e. The number of carbonyl (C=O) groups excluding carboxylic acids is 2. The zero-order chi connectivity index (χ0) is 19.4. The minimum absolute atomic E-state index is 0.222. The number of aryl methyl sites for hydroxylation is 2. The van der Waals surface area contributed by atoms with Crippen LogP contribution in [-0.4, -0.2) is 23.5 Å². The van der Waals surface area contributed by atoms with E-state index in [2.05, 4.69) is 10.3 Å². The smallest absolute Gasteiger partial charge is 0.338 e. The lowest BCUT2D eigenvalue weighted by molar-refractivity contribution is 0.0526. The second-order valence-electron chi connectivity index (χ2n) is 6.04. The van der Waals surface area contributed by atoms with Crippen LogP contribution in [0.5, 0.6) is 0 Å². The first kappa shape index (κ1) is 18.4. The van der Waals surface area contributed by atoms with E-state index in [9.17, 15) is 9.59 Å². The highest BCUT2D eigenvalue weighted by atomic mass is 16.5. The Morgan fingerprint density at radius 1 is 1.04 bits per heavy atom. The molecule has 3 rings (SSSR count). The van der Waals surface area contributed by atoms with Gasteiger partial charge < -0.3 is 14.5 Å². The number of oxazole rings is 1. The number of amides is 1. The number of nitrogens with one attached hydrogen (secondary N) is 1. The summed E-state index contributed by atoms with van der Waals surface area (Å²) in [7, 11) is 0. The molecule has 0 aliphatic heterocycles. The van der Waals surface area contributed by atoms with Gasteiger partial charge in [0.05, 0.1) is 12.2 Å². The van der Waals surface area contributed by atoms with Crippen LogP contribution in [0.25, 0.3) is 11.5 Å². The monoisotopic (exact) mass is 364 g/mol. The molecule has 1 N–H and O–H groups in total. The standard InChI is InChI=1S/C21H20N2O4/c1-4-26-21(25)16-9-11-17(12-10-16)22-19(24)18-14(3)27-20(23-18)15-7-5-13(2)6-8-15/h5-12H,4H2,1-3H3,(H,22,24). The summed E-state index contributed by atoms with van der Waals surface area (Å²) in [5, 5.41) is 2.76. The average molecular weight is 364 g/mol. The fourth-order valence-corrected chi connectivity index (χ4v) is 2.52. The predicted octanol–water partition coefficient (Wildman–Crippen LogP) is 4.39. The Bertz CT molecular complexity index is 957. The average Bonchev–Trinajstić information content (AvgIpc) is 3.05. The maximum atomic E-state index is 12.5. The molecule has 3 aromatic rings. The second kappa shape index (κ2) is 7.86. The first-order chi connectivity index (χ1) is 13.0. The lowest BCUT2D eigenvalue weighted by Crippen LogP contribution is -2.13. The highest BCUT2D eigenvalue weighted by Gasteiger charge is 2.18. The van der Waals surface area contributed by atoms with E-state index < -0.39 is 5.97 Å². The number of hydrogen-bond acceptors (Lipinski definition) is 5. The van der Waals surface area contributed by atoms with Crippen molar-refractivity contribution in [1.82, 2.24) is 4.98 Å². The molecule has 0 aliphatic carbocycles. The molecule has 0 saturated heterocycles. The number of hydrogen-bond donors (Lipinski definition) is 1. The molecule has 138 valence electrons. The molecular weight excluding hydrogens is 344 g/mol. The van der Waals surface area contributed by atoms with Crippen LogP contribution in [0.15, 0.2) is 52.9 Å². The van der Waals surface area contributed by atoms with Gasteiger partial charge in [-0.05, 0) is 57.2 Å².